The van der Waals surface area contributed by atoms with Gasteiger partial charge in [0.15, 0.2) is 11.5 Å². The molecule has 48 heavy (non-hydrogen) atoms. The molecule has 0 spiro atoms. The van der Waals surface area contributed by atoms with E-state index in [1.165, 1.54) is 11.3 Å². The first-order valence-electron chi connectivity index (χ1n) is 17.0. The number of piperazine rings is 1. The van der Waals surface area contributed by atoms with Crippen LogP contribution in [0.2, 0.25) is 0 Å². The second-order valence-electron chi connectivity index (χ2n) is 14.0. The third-order valence-corrected chi connectivity index (χ3v) is 9.45. The van der Waals surface area contributed by atoms with Gasteiger partial charge in [-0.15, -0.1) is 0 Å². The first-order chi connectivity index (χ1) is 23.0. The number of ether oxygens (including phenoxy) is 3. The number of aryl methyl sites for hydroxylation is 1. The molecule has 0 atom stereocenters. The van der Waals surface area contributed by atoms with Crippen molar-refractivity contribution in [2.24, 2.45) is 7.05 Å². The topological polar surface area (TPSA) is 72.3 Å². The number of carbonyl (C=O) groups is 1. The van der Waals surface area contributed by atoms with E-state index < -0.39 is 5.60 Å². The van der Waals surface area contributed by atoms with Gasteiger partial charge in [-0.3, -0.25) is 4.90 Å². The number of methoxy groups -OCH3 is 2. The summed E-state index contributed by atoms with van der Waals surface area (Å²) in [6.07, 6.45) is 2.58. The summed E-state index contributed by atoms with van der Waals surface area (Å²) in [5, 5.41) is 0. The molecule has 3 heterocycles. The summed E-state index contributed by atoms with van der Waals surface area (Å²) in [6, 6.07) is 20.0. The molecule has 9 heteroatoms. The lowest BCUT2D eigenvalue weighted by atomic mass is 9.94. The summed E-state index contributed by atoms with van der Waals surface area (Å²) < 4.78 is 18.9. The summed E-state index contributed by atoms with van der Waals surface area (Å²) in [5.74, 6) is 2.17. The molecular weight excluding hydrogens is 602 g/mol. The molecule has 0 N–H and O–H groups in total. The maximum absolute atomic E-state index is 12.8. The van der Waals surface area contributed by atoms with E-state index in [-0.39, 0.29) is 6.09 Å². The number of imidazole rings is 1. The number of rotatable bonds is 7. The van der Waals surface area contributed by atoms with Crippen molar-refractivity contribution >= 4 is 28.4 Å². The fraction of sp³-hybridized carbons (Fsp3) is 0.436. The molecule has 0 saturated carbocycles. The second-order valence-corrected chi connectivity index (χ2v) is 14.0. The zero-order chi connectivity index (χ0) is 34.2. The van der Waals surface area contributed by atoms with Crippen LogP contribution in [0.25, 0.3) is 39.1 Å². The van der Waals surface area contributed by atoms with E-state index in [1.807, 2.05) is 39.0 Å². The Labute approximate surface area is 284 Å². The predicted octanol–water partition coefficient (Wildman–Crippen LogP) is 7.48. The van der Waals surface area contributed by atoms with Crippen molar-refractivity contribution in [3.05, 3.63) is 66.2 Å². The lowest BCUT2D eigenvalue weighted by Gasteiger charge is -2.38. The number of fused-ring (bicyclic) bond motifs is 1. The van der Waals surface area contributed by atoms with Gasteiger partial charge in [0, 0.05) is 69.2 Å². The zero-order valence-electron chi connectivity index (χ0n) is 29.7. The quantitative estimate of drug-likeness (QED) is 0.205. The predicted molar refractivity (Wildman–Crippen MR) is 194 cm³/mol. The van der Waals surface area contributed by atoms with Crippen LogP contribution in [0.3, 0.4) is 0 Å². The van der Waals surface area contributed by atoms with E-state index in [9.17, 15) is 4.79 Å². The highest BCUT2D eigenvalue weighted by Crippen LogP contribution is 2.38. The summed E-state index contributed by atoms with van der Waals surface area (Å²) in [4.78, 5) is 24.9. The normalized spacial score (nSPS) is 16.0. The standard InChI is InChI=1S/C39H49N5O4/c1-26(2)42-19-21-43(22-20-42)31-12-9-27(10-13-31)30-23-32(28-15-17-44(18-16-28)38(45)48-39(3,4)5)36-33(24-30)41(6)37(40-36)29-11-14-34(46-7)35(25-29)47-8/h9-15,23-26H,16-22H2,1-8H3. The van der Waals surface area contributed by atoms with Crippen molar-refractivity contribution in [3.8, 4) is 34.0 Å². The van der Waals surface area contributed by atoms with Gasteiger partial charge in [-0.2, -0.15) is 0 Å². The molecule has 0 bridgehead atoms. The molecule has 1 fully saturated rings. The summed E-state index contributed by atoms with van der Waals surface area (Å²) in [7, 11) is 5.35. The Morgan fingerprint density at radius 2 is 1.52 bits per heavy atom. The van der Waals surface area contributed by atoms with E-state index in [0.717, 1.165) is 65.3 Å². The molecule has 2 aliphatic rings. The van der Waals surface area contributed by atoms with Crippen LogP contribution in [0.1, 0.15) is 46.6 Å². The van der Waals surface area contributed by atoms with Crippen LogP contribution in [0.4, 0.5) is 10.5 Å². The van der Waals surface area contributed by atoms with Gasteiger partial charge in [0.2, 0.25) is 0 Å². The van der Waals surface area contributed by atoms with Crippen LogP contribution >= 0.6 is 0 Å². The first kappa shape index (κ1) is 33.4. The molecular formula is C39H49N5O4. The van der Waals surface area contributed by atoms with Crippen molar-refractivity contribution in [1.29, 1.82) is 0 Å². The molecule has 0 radical (unpaired) electrons. The van der Waals surface area contributed by atoms with Crippen molar-refractivity contribution in [3.63, 3.8) is 0 Å². The van der Waals surface area contributed by atoms with Crippen LogP contribution in [0.5, 0.6) is 11.5 Å². The van der Waals surface area contributed by atoms with E-state index in [0.29, 0.717) is 37.1 Å². The van der Waals surface area contributed by atoms with Crippen molar-refractivity contribution < 1.29 is 19.0 Å². The molecule has 254 valence electrons. The van der Waals surface area contributed by atoms with E-state index in [2.05, 4.69) is 77.7 Å². The number of hydrogen-bond donors (Lipinski definition) is 0. The Morgan fingerprint density at radius 3 is 2.12 bits per heavy atom. The van der Waals surface area contributed by atoms with Crippen molar-refractivity contribution in [2.45, 2.75) is 52.7 Å². The monoisotopic (exact) mass is 651 g/mol. The van der Waals surface area contributed by atoms with Gasteiger partial charge in [-0.05, 0) is 100 Å². The number of hydrogen-bond acceptors (Lipinski definition) is 7. The first-order valence-corrected chi connectivity index (χ1v) is 17.0. The van der Waals surface area contributed by atoms with Gasteiger partial charge >= 0.3 is 6.09 Å². The molecule has 0 aliphatic carbocycles. The Bertz CT molecular complexity index is 1810. The number of anilines is 1. The minimum Gasteiger partial charge on any atom is -0.493 e. The Morgan fingerprint density at radius 1 is 0.833 bits per heavy atom. The van der Waals surface area contributed by atoms with E-state index >= 15 is 0 Å². The molecule has 1 amide bonds. The number of carbonyl (C=O) groups excluding carboxylic acids is 1. The maximum Gasteiger partial charge on any atom is 0.410 e. The summed E-state index contributed by atoms with van der Waals surface area (Å²) in [5.41, 5.74) is 8.19. The number of nitrogens with zero attached hydrogens (tertiary/aromatic N) is 5. The average molecular weight is 652 g/mol. The van der Waals surface area contributed by atoms with Crippen molar-refractivity contribution in [1.82, 2.24) is 19.4 Å². The van der Waals surface area contributed by atoms with Gasteiger partial charge in [0.05, 0.1) is 25.3 Å². The van der Waals surface area contributed by atoms with Crippen LogP contribution in [0.15, 0.2) is 60.7 Å². The van der Waals surface area contributed by atoms with Gasteiger partial charge in [0.1, 0.15) is 11.4 Å². The molecule has 3 aromatic carbocycles. The highest BCUT2D eigenvalue weighted by atomic mass is 16.6. The third-order valence-electron chi connectivity index (χ3n) is 9.45. The number of aromatic nitrogens is 2. The third kappa shape index (κ3) is 6.88. The molecule has 1 aromatic heterocycles. The Kier molecular flexibility index (Phi) is 9.43. The molecule has 6 rings (SSSR count). The summed E-state index contributed by atoms with van der Waals surface area (Å²) in [6.45, 7) is 15.6. The van der Waals surface area contributed by atoms with Crippen LogP contribution < -0.4 is 14.4 Å². The highest BCUT2D eigenvalue weighted by Gasteiger charge is 2.26. The lowest BCUT2D eigenvalue weighted by Crippen LogP contribution is -2.48. The molecule has 1 saturated heterocycles. The van der Waals surface area contributed by atoms with Crippen molar-refractivity contribution in [2.75, 3.05) is 58.4 Å². The lowest BCUT2D eigenvalue weighted by molar-refractivity contribution is 0.0270. The molecule has 4 aromatic rings. The Hall–Kier alpha value is -4.50. The molecule has 2 aliphatic heterocycles. The molecule has 0 unspecified atom stereocenters. The average Bonchev–Trinajstić information content (AvgIpc) is 3.42. The fourth-order valence-corrected chi connectivity index (χ4v) is 6.70. The van der Waals surface area contributed by atoms with E-state index in [4.69, 9.17) is 19.2 Å². The second kappa shape index (κ2) is 13.5. The molecule has 9 nitrogen and oxygen atoms in total. The zero-order valence-corrected chi connectivity index (χ0v) is 29.7. The van der Waals surface area contributed by atoms with Gasteiger partial charge in [0.25, 0.3) is 0 Å². The highest BCUT2D eigenvalue weighted by molar-refractivity contribution is 5.96. The summed E-state index contributed by atoms with van der Waals surface area (Å²) >= 11 is 0. The van der Waals surface area contributed by atoms with Gasteiger partial charge < -0.3 is 28.6 Å². The maximum atomic E-state index is 12.8. The number of benzene rings is 3. The Balaban J connectivity index is 1.38. The van der Waals surface area contributed by atoms with Gasteiger partial charge in [-0.1, -0.05) is 18.2 Å². The SMILES string of the molecule is COc1ccc(-c2nc3c(C4=CCN(C(=O)OC(C)(C)C)CC4)cc(-c4ccc(N5CCN(C(C)C)CC5)cc4)cc3n2C)cc1OC. The van der Waals surface area contributed by atoms with E-state index in [1.54, 1.807) is 19.1 Å². The van der Waals surface area contributed by atoms with Gasteiger partial charge in [-0.25, -0.2) is 9.78 Å². The van der Waals surface area contributed by atoms with Crippen LogP contribution in [-0.4, -0.2) is 90.6 Å². The largest absolute Gasteiger partial charge is 0.493 e. The smallest absolute Gasteiger partial charge is 0.410 e. The fourth-order valence-electron chi connectivity index (χ4n) is 6.70. The van der Waals surface area contributed by atoms with Crippen LogP contribution in [-0.2, 0) is 11.8 Å². The van der Waals surface area contributed by atoms with Crippen LogP contribution in [0, 0.1) is 0 Å². The number of amides is 1. The minimum absolute atomic E-state index is 0.281. The minimum atomic E-state index is -0.534.